The number of methoxy groups -OCH3 is 2. The normalized spacial score (nSPS) is 10.6. The second-order valence-electron chi connectivity index (χ2n) is 4.80. The van der Waals surface area contributed by atoms with E-state index in [-0.39, 0.29) is 18.2 Å². The lowest BCUT2D eigenvalue weighted by atomic mass is 10.1. The van der Waals surface area contributed by atoms with Crippen LogP contribution in [0.15, 0.2) is 44.9 Å². The molecule has 0 aliphatic carbocycles. The van der Waals surface area contributed by atoms with Crippen molar-refractivity contribution in [3.63, 3.8) is 0 Å². The second kappa shape index (κ2) is 6.71. The Labute approximate surface area is 141 Å². The molecular formula is C16H14N2O5S. The maximum Gasteiger partial charge on any atom is 0.437 e. The van der Waals surface area contributed by atoms with Gasteiger partial charge in [-0.05, 0) is 23.6 Å². The zero-order valence-corrected chi connectivity index (χ0v) is 13.8. The van der Waals surface area contributed by atoms with E-state index in [1.54, 1.807) is 24.3 Å². The van der Waals surface area contributed by atoms with Crippen LogP contribution in [0.1, 0.15) is 10.4 Å². The predicted molar refractivity (Wildman–Crippen MR) is 88.0 cm³/mol. The van der Waals surface area contributed by atoms with Gasteiger partial charge in [0.1, 0.15) is 18.0 Å². The van der Waals surface area contributed by atoms with Crippen LogP contribution in [0.5, 0.6) is 11.5 Å². The van der Waals surface area contributed by atoms with Crippen LogP contribution < -0.4 is 15.2 Å². The summed E-state index contributed by atoms with van der Waals surface area (Å²) in [5.74, 6) is 0.141. The van der Waals surface area contributed by atoms with Gasteiger partial charge in [0, 0.05) is 6.07 Å². The Balaban J connectivity index is 1.87. The Morgan fingerprint density at radius 3 is 2.79 bits per heavy atom. The van der Waals surface area contributed by atoms with Crippen LogP contribution in [-0.2, 0) is 6.54 Å². The van der Waals surface area contributed by atoms with Crippen molar-refractivity contribution in [3.05, 3.63) is 51.8 Å². The fourth-order valence-corrected chi connectivity index (χ4v) is 2.80. The first kappa shape index (κ1) is 16.0. The van der Waals surface area contributed by atoms with Crippen molar-refractivity contribution in [1.82, 2.24) is 9.78 Å². The van der Waals surface area contributed by atoms with Gasteiger partial charge in [0.15, 0.2) is 5.78 Å². The van der Waals surface area contributed by atoms with Crippen LogP contribution in [0.4, 0.5) is 0 Å². The molecule has 0 aliphatic heterocycles. The van der Waals surface area contributed by atoms with Crippen LogP contribution >= 0.6 is 11.3 Å². The first-order valence-corrected chi connectivity index (χ1v) is 7.87. The van der Waals surface area contributed by atoms with Gasteiger partial charge in [0.25, 0.3) is 5.89 Å². The first-order valence-electron chi connectivity index (χ1n) is 6.99. The number of hydrogen-bond donors (Lipinski definition) is 0. The predicted octanol–water partition coefficient (Wildman–Crippen LogP) is 2.46. The molecule has 0 radical (unpaired) electrons. The van der Waals surface area contributed by atoms with E-state index in [1.807, 2.05) is 11.4 Å². The van der Waals surface area contributed by atoms with Gasteiger partial charge in [-0.3, -0.25) is 4.79 Å². The molecule has 0 aliphatic rings. The zero-order valence-electron chi connectivity index (χ0n) is 13.0. The van der Waals surface area contributed by atoms with Crippen molar-refractivity contribution in [2.75, 3.05) is 14.2 Å². The molecule has 3 aromatic rings. The van der Waals surface area contributed by atoms with Gasteiger partial charge >= 0.3 is 5.76 Å². The molecule has 0 bridgehead atoms. The lowest BCUT2D eigenvalue weighted by molar-refractivity contribution is 0.0962. The Bertz CT molecular complexity index is 911. The summed E-state index contributed by atoms with van der Waals surface area (Å²) in [4.78, 5) is 25.1. The molecule has 3 rings (SSSR count). The average Bonchev–Trinajstić information content (AvgIpc) is 3.24. The van der Waals surface area contributed by atoms with Crippen molar-refractivity contribution in [3.8, 4) is 22.3 Å². The number of rotatable bonds is 6. The van der Waals surface area contributed by atoms with Crippen molar-refractivity contribution in [1.29, 1.82) is 0 Å². The molecule has 0 spiro atoms. The zero-order chi connectivity index (χ0) is 17.1. The summed E-state index contributed by atoms with van der Waals surface area (Å²) in [7, 11) is 2.99. The number of aromatic nitrogens is 2. The molecule has 0 atom stereocenters. The summed E-state index contributed by atoms with van der Waals surface area (Å²) >= 11 is 1.40. The van der Waals surface area contributed by atoms with Crippen molar-refractivity contribution in [2.24, 2.45) is 0 Å². The number of Topliss-reactive ketones (excluding diaryl/α,β-unsaturated/α-hetero) is 1. The van der Waals surface area contributed by atoms with Gasteiger partial charge in [-0.2, -0.15) is 4.68 Å². The molecule has 8 heteroatoms. The molecule has 2 aromatic heterocycles. The number of carbonyl (C=O) groups excluding carboxylic acids is 1. The minimum Gasteiger partial charge on any atom is -0.497 e. The number of benzene rings is 1. The summed E-state index contributed by atoms with van der Waals surface area (Å²) in [6.45, 7) is -0.240. The third-order valence-corrected chi connectivity index (χ3v) is 4.20. The Morgan fingerprint density at radius 2 is 2.12 bits per heavy atom. The number of carbonyl (C=O) groups is 1. The van der Waals surface area contributed by atoms with Gasteiger partial charge in [0.05, 0.1) is 24.7 Å². The second-order valence-corrected chi connectivity index (χ2v) is 5.75. The number of ether oxygens (including phenoxy) is 2. The van der Waals surface area contributed by atoms with Crippen molar-refractivity contribution in [2.45, 2.75) is 6.54 Å². The van der Waals surface area contributed by atoms with E-state index >= 15 is 0 Å². The molecule has 2 heterocycles. The van der Waals surface area contributed by atoms with Crippen molar-refractivity contribution < 1.29 is 18.7 Å². The number of nitrogens with zero attached hydrogens (tertiary/aromatic N) is 2. The quantitative estimate of drug-likeness (QED) is 0.638. The number of thiophene rings is 1. The summed E-state index contributed by atoms with van der Waals surface area (Å²) in [6.07, 6.45) is 0. The third kappa shape index (κ3) is 3.09. The smallest absolute Gasteiger partial charge is 0.437 e. The molecule has 124 valence electrons. The highest BCUT2D eigenvalue weighted by molar-refractivity contribution is 7.13. The molecule has 24 heavy (non-hydrogen) atoms. The fourth-order valence-electron chi connectivity index (χ4n) is 2.16. The van der Waals surface area contributed by atoms with Gasteiger partial charge in [-0.25, -0.2) is 4.79 Å². The monoisotopic (exact) mass is 346 g/mol. The van der Waals surface area contributed by atoms with Crippen molar-refractivity contribution >= 4 is 17.1 Å². The molecule has 0 amide bonds. The minimum atomic E-state index is -0.681. The summed E-state index contributed by atoms with van der Waals surface area (Å²) < 4.78 is 16.4. The van der Waals surface area contributed by atoms with Gasteiger partial charge < -0.3 is 13.9 Å². The highest BCUT2D eigenvalue weighted by Crippen LogP contribution is 2.25. The van der Waals surface area contributed by atoms with E-state index in [0.717, 1.165) is 9.56 Å². The van der Waals surface area contributed by atoms with Gasteiger partial charge in [0.2, 0.25) is 0 Å². The van der Waals surface area contributed by atoms with E-state index in [2.05, 4.69) is 5.10 Å². The van der Waals surface area contributed by atoms with Crippen LogP contribution in [0.25, 0.3) is 10.8 Å². The summed E-state index contributed by atoms with van der Waals surface area (Å²) in [5.41, 5.74) is 0.339. The van der Waals surface area contributed by atoms with Crippen LogP contribution in [-0.4, -0.2) is 29.8 Å². The Morgan fingerprint density at radius 1 is 1.29 bits per heavy atom. The largest absolute Gasteiger partial charge is 0.497 e. The minimum absolute atomic E-state index is 0.199. The van der Waals surface area contributed by atoms with E-state index in [4.69, 9.17) is 13.9 Å². The third-order valence-electron chi connectivity index (χ3n) is 3.34. The molecule has 0 N–H and O–H groups in total. The van der Waals surface area contributed by atoms with Gasteiger partial charge in [-0.15, -0.1) is 16.4 Å². The molecular weight excluding hydrogens is 332 g/mol. The fraction of sp³-hybridized carbons (Fsp3) is 0.188. The topological polar surface area (TPSA) is 83.6 Å². The summed E-state index contributed by atoms with van der Waals surface area (Å²) in [6, 6.07) is 8.46. The highest BCUT2D eigenvalue weighted by Gasteiger charge is 2.18. The van der Waals surface area contributed by atoms with E-state index in [1.165, 1.54) is 25.6 Å². The van der Waals surface area contributed by atoms with Crippen LogP contribution in [0, 0.1) is 0 Å². The molecule has 0 saturated carbocycles. The maximum absolute atomic E-state index is 12.5. The average molecular weight is 346 g/mol. The van der Waals surface area contributed by atoms with Gasteiger partial charge in [-0.1, -0.05) is 6.07 Å². The Kier molecular flexibility index (Phi) is 4.48. The van der Waals surface area contributed by atoms with E-state index in [9.17, 15) is 9.59 Å². The molecule has 0 fully saturated rings. The Hall–Kier alpha value is -2.87. The SMILES string of the molecule is COc1ccc(C(=O)Cn2nc(-c3cccs3)oc2=O)c(OC)c1. The number of ketones is 1. The van der Waals surface area contributed by atoms with Crippen LogP contribution in [0.3, 0.4) is 0 Å². The van der Waals surface area contributed by atoms with E-state index < -0.39 is 5.76 Å². The molecule has 0 unspecified atom stereocenters. The standard InChI is InChI=1S/C16H14N2O5S/c1-21-10-5-6-11(13(8-10)22-2)12(19)9-18-16(20)23-15(17-18)14-4-3-7-24-14/h3-8H,9H2,1-2H3. The van der Waals surface area contributed by atoms with E-state index in [0.29, 0.717) is 17.1 Å². The molecule has 7 nitrogen and oxygen atoms in total. The molecule has 1 aromatic carbocycles. The number of hydrogen-bond acceptors (Lipinski definition) is 7. The highest BCUT2D eigenvalue weighted by atomic mass is 32.1. The summed E-state index contributed by atoms with van der Waals surface area (Å²) in [5, 5.41) is 5.92. The maximum atomic E-state index is 12.5. The lowest BCUT2D eigenvalue weighted by Gasteiger charge is -2.09. The first-order chi connectivity index (χ1) is 11.6. The lowest BCUT2D eigenvalue weighted by Crippen LogP contribution is -2.21. The molecule has 0 saturated heterocycles. The van der Waals surface area contributed by atoms with Crippen LogP contribution in [0.2, 0.25) is 0 Å².